The zero-order chi connectivity index (χ0) is 12.0. The summed E-state index contributed by atoms with van der Waals surface area (Å²) in [6.45, 7) is 7.41. The average molecular weight is 224 g/mol. The van der Waals surface area contributed by atoms with Gasteiger partial charge in [0.1, 0.15) is 5.82 Å². The van der Waals surface area contributed by atoms with Crippen molar-refractivity contribution in [3.8, 4) is 0 Å². The van der Waals surface area contributed by atoms with Crippen molar-refractivity contribution >= 4 is 0 Å². The number of aryl methyl sites for hydroxylation is 1. The summed E-state index contributed by atoms with van der Waals surface area (Å²) in [7, 11) is 0. The third kappa shape index (κ3) is 3.63. The Morgan fingerprint density at radius 3 is 2.75 bits per heavy atom. The Hall–Kier alpha value is -0.830. The van der Waals surface area contributed by atoms with Crippen LogP contribution in [0.15, 0.2) is 12.4 Å². The van der Waals surface area contributed by atoms with Gasteiger partial charge in [0, 0.05) is 25.4 Å². The van der Waals surface area contributed by atoms with Crippen molar-refractivity contribution in [3.63, 3.8) is 0 Å². The van der Waals surface area contributed by atoms with Crippen molar-refractivity contribution in [2.45, 2.75) is 59.1 Å². The summed E-state index contributed by atoms with van der Waals surface area (Å²) in [4.78, 5) is 4.32. The van der Waals surface area contributed by atoms with E-state index in [1.165, 1.54) is 0 Å². The molecule has 1 N–H and O–H groups in total. The van der Waals surface area contributed by atoms with Crippen LogP contribution in [0.2, 0.25) is 0 Å². The van der Waals surface area contributed by atoms with E-state index < -0.39 is 0 Å². The smallest absolute Gasteiger partial charge is 0.111 e. The lowest BCUT2D eigenvalue weighted by Crippen LogP contribution is -2.22. The van der Waals surface area contributed by atoms with E-state index >= 15 is 0 Å². The van der Waals surface area contributed by atoms with Gasteiger partial charge in [0.05, 0.1) is 6.10 Å². The Balaban J connectivity index is 2.54. The van der Waals surface area contributed by atoms with Crippen LogP contribution in [-0.4, -0.2) is 20.8 Å². The van der Waals surface area contributed by atoms with Crippen molar-refractivity contribution in [3.05, 3.63) is 18.2 Å². The van der Waals surface area contributed by atoms with Crippen LogP contribution in [-0.2, 0) is 13.0 Å². The van der Waals surface area contributed by atoms with E-state index in [9.17, 15) is 5.11 Å². The van der Waals surface area contributed by atoms with Gasteiger partial charge >= 0.3 is 0 Å². The third-order valence-corrected chi connectivity index (χ3v) is 3.06. The molecule has 16 heavy (non-hydrogen) atoms. The summed E-state index contributed by atoms with van der Waals surface area (Å²) < 4.78 is 2.14. The lowest BCUT2D eigenvalue weighted by molar-refractivity contribution is 0.108. The van der Waals surface area contributed by atoms with E-state index in [0.717, 1.165) is 31.6 Å². The predicted octanol–water partition coefficient (Wildman–Crippen LogP) is 2.63. The van der Waals surface area contributed by atoms with E-state index in [4.69, 9.17) is 0 Å². The molecule has 0 saturated heterocycles. The molecule has 1 rings (SSSR count). The van der Waals surface area contributed by atoms with Gasteiger partial charge in [-0.1, -0.05) is 27.2 Å². The van der Waals surface area contributed by atoms with Crippen LogP contribution < -0.4 is 0 Å². The molecule has 1 aromatic rings. The fraction of sp³-hybridized carbons (Fsp3) is 0.769. The topological polar surface area (TPSA) is 38.1 Å². The third-order valence-electron chi connectivity index (χ3n) is 3.06. The summed E-state index contributed by atoms with van der Waals surface area (Å²) in [5.74, 6) is 1.37. The number of aliphatic hydroxyl groups excluding tert-OH is 1. The molecule has 2 unspecified atom stereocenters. The molecule has 0 radical (unpaired) electrons. The minimum absolute atomic E-state index is 0.266. The molecule has 1 heterocycles. The molecule has 0 aliphatic rings. The molecule has 92 valence electrons. The summed E-state index contributed by atoms with van der Waals surface area (Å²) in [5, 5.41) is 10.1. The average Bonchev–Trinajstić information content (AvgIpc) is 2.67. The first kappa shape index (κ1) is 13.2. The quantitative estimate of drug-likeness (QED) is 0.773. The molecular weight excluding hydrogens is 200 g/mol. The van der Waals surface area contributed by atoms with Gasteiger partial charge in [-0.25, -0.2) is 4.98 Å². The molecule has 0 fully saturated rings. The Bertz CT molecular complexity index is 296. The van der Waals surface area contributed by atoms with Crippen LogP contribution in [0, 0.1) is 5.92 Å². The first-order chi connectivity index (χ1) is 7.69. The highest BCUT2D eigenvalue weighted by atomic mass is 16.3. The highest BCUT2D eigenvalue weighted by Crippen LogP contribution is 2.14. The van der Waals surface area contributed by atoms with Crippen LogP contribution in [0.4, 0.5) is 0 Å². The van der Waals surface area contributed by atoms with Crippen LogP contribution in [0.1, 0.15) is 45.9 Å². The molecule has 0 aliphatic carbocycles. The zero-order valence-corrected chi connectivity index (χ0v) is 10.7. The van der Waals surface area contributed by atoms with Crippen molar-refractivity contribution in [1.82, 2.24) is 9.55 Å². The lowest BCUT2D eigenvalue weighted by atomic mass is 9.97. The molecular formula is C13H24N2O. The minimum atomic E-state index is -0.266. The molecule has 0 saturated carbocycles. The maximum atomic E-state index is 10.1. The molecule has 0 bridgehead atoms. The van der Waals surface area contributed by atoms with E-state index in [2.05, 4.69) is 30.3 Å². The van der Waals surface area contributed by atoms with Crippen LogP contribution in [0.5, 0.6) is 0 Å². The maximum Gasteiger partial charge on any atom is 0.111 e. The molecule has 2 atom stereocenters. The molecule has 1 aromatic heterocycles. The molecule has 0 amide bonds. The van der Waals surface area contributed by atoms with Crippen molar-refractivity contribution in [2.75, 3.05) is 0 Å². The second kappa shape index (κ2) is 6.69. The van der Waals surface area contributed by atoms with Crippen LogP contribution >= 0.6 is 0 Å². The Morgan fingerprint density at radius 2 is 2.12 bits per heavy atom. The maximum absolute atomic E-state index is 10.1. The monoisotopic (exact) mass is 224 g/mol. The summed E-state index contributed by atoms with van der Waals surface area (Å²) in [5.41, 5.74) is 0. The van der Waals surface area contributed by atoms with Gasteiger partial charge in [-0.3, -0.25) is 0 Å². The van der Waals surface area contributed by atoms with Crippen molar-refractivity contribution < 1.29 is 5.11 Å². The summed E-state index contributed by atoms with van der Waals surface area (Å²) in [6, 6.07) is 0. The van der Waals surface area contributed by atoms with Crippen molar-refractivity contribution in [2.24, 2.45) is 5.92 Å². The van der Waals surface area contributed by atoms with E-state index in [-0.39, 0.29) is 6.10 Å². The molecule has 0 spiro atoms. The fourth-order valence-electron chi connectivity index (χ4n) is 2.01. The standard InChI is InChI=1S/C13H24N2O/c1-4-6-11(3)12(16)10-13-14-7-9-15(13)8-5-2/h7,9,11-12,16H,4-6,8,10H2,1-3H3. The van der Waals surface area contributed by atoms with Crippen LogP contribution in [0.3, 0.4) is 0 Å². The number of aliphatic hydroxyl groups is 1. The zero-order valence-electron chi connectivity index (χ0n) is 10.7. The Kier molecular flexibility index (Phi) is 5.53. The highest BCUT2D eigenvalue weighted by molar-refractivity contribution is 4.94. The predicted molar refractivity (Wildman–Crippen MR) is 66.3 cm³/mol. The summed E-state index contributed by atoms with van der Waals surface area (Å²) in [6.07, 6.45) is 7.53. The number of hydrogen-bond acceptors (Lipinski definition) is 2. The van der Waals surface area contributed by atoms with Gasteiger partial charge < -0.3 is 9.67 Å². The fourth-order valence-corrected chi connectivity index (χ4v) is 2.01. The van der Waals surface area contributed by atoms with Gasteiger partial charge in [-0.2, -0.15) is 0 Å². The van der Waals surface area contributed by atoms with Gasteiger partial charge in [0.25, 0.3) is 0 Å². The van der Waals surface area contributed by atoms with E-state index in [1.807, 2.05) is 12.4 Å². The number of rotatable bonds is 7. The first-order valence-electron chi connectivity index (χ1n) is 6.37. The minimum Gasteiger partial charge on any atom is -0.392 e. The van der Waals surface area contributed by atoms with E-state index in [1.54, 1.807) is 0 Å². The number of nitrogens with zero attached hydrogens (tertiary/aromatic N) is 2. The van der Waals surface area contributed by atoms with Gasteiger partial charge in [-0.15, -0.1) is 0 Å². The van der Waals surface area contributed by atoms with Gasteiger partial charge in [-0.05, 0) is 18.8 Å². The second-order valence-electron chi connectivity index (χ2n) is 4.57. The van der Waals surface area contributed by atoms with Gasteiger partial charge in [0.15, 0.2) is 0 Å². The number of hydrogen-bond donors (Lipinski definition) is 1. The summed E-state index contributed by atoms with van der Waals surface area (Å²) >= 11 is 0. The number of imidazole rings is 1. The SMILES string of the molecule is CCCC(C)C(O)Cc1nccn1CCC. The molecule has 3 nitrogen and oxygen atoms in total. The Morgan fingerprint density at radius 1 is 1.38 bits per heavy atom. The largest absolute Gasteiger partial charge is 0.392 e. The highest BCUT2D eigenvalue weighted by Gasteiger charge is 2.16. The first-order valence-corrected chi connectivity index (χ1v) is 6.37. The van der Waals surface area contributed by atoms with Crippen molar-refractivity contribution in [1.29, 1.82) is 0 Å². The molecule has 3 heteroatoms. The van der Waals surface area contributed by atoms with Crippen LogP contribution in [0.25, 0.3) is 0 Å². The van der Waals surface area contributed by atoms with E-state index in [0.29, 0.717) is 12.3 Å². The Labute approximate surface area is 98.5 Å². The lowest BCUT2D eigenvalue weighted by Gasteiger charge is -2.18. The second-order valence-corrected chi connectivity index (χ2v) is 4.57. The normalized spacial score (nSPS) is 15.0. The number of aromatic nitrogens is 2. The van der Waals surface area contributed by atoms with Gasteiger partial charge in [0.2, 0.25) is 0 Å². The molecule has 0 aromatic carbocycles. The molecule has 0 aliphatic heterocycles.